The molecule has 1 aromatic heterocycles. The molecule has 0 unspecified atom stereocenters. The van der Waals surface area contributed by atoms with Crippen molar-refractivity contribution in [3.63, 3.8) is 0 Å². The number of aromatic nitrogens is 1. The first-order valence-corrected chi connectivity index (χ1v) is 10.2. The highest BCUT2D eigenvalue weighted by atomic mass is 32.2. The second kappa shape index (κ2) is 7.35. The molecule has 0 radical (unpaired) electrons. The molecule has 1 amide bonds. The molecule has 0 saturated carbocycles. The molecule has 2 aliphatic heterocycles. The van der Waals surface area contributed by atoms with Gasteiger partial charge in [0.1, 0.15) is 18.2 Å². The smallest absolute Gasteiger partial charge is 0.232 e. The van der Waals surface area contributed by atoms with Crippen molar-refractivity contribution in [2.24, 2.45) is 5.92 Å². The molecule has 1 aromatic carbocycles. The summed E-state index contributed by atoms with van der Waals surface area (Å²) in [7, 11) is 0. The molecule has 0 N–H and O–H groups in total. The van der Waals surface area contributed by atoms with Crippen LogP contribution in [0.15, 0.2) is 23.2 Å². The van der Waals surface area contributed by atoms with E-state index in [0.29, 0.717) is 19.0 Å². The van der Waals surface area contributed by atoms with Gasteiger partial charge in [-0.05, 0) is 43.4 Å². The van der Waals surface area contributed by atoms with Gasteiger partial charge in [0.05, 0.1) is 11.3 Å². The highest BCUT2D eigenvalue weighted by molar-refractivity contribution is 7.99. The summed E-state index contributed by atoms with van der Waals surface area (Å²) >= 11 is 1.53. The Balaban J connectivity index is 1.49. The Bertz CT molecular complexity index is 831. The second-order valence-corrected chi connectivity index (χ2v) is 8.12. The molecular weight excluding hydrogens is 348 g/mol. The van der Waals surface area contributed by atoms with Gasteiger partial charge >= 0.3 is 0 Å². The van der Waals surface area contributed by atoms with Gasteiger partial charge in [-0.15, -0.1) is 0 Å². The van der Waals surface area contributed by atoms with Crippen LogP contribution in [0, 0.1) is 12.8 Å². The van der Waals surface area contributed by atoms with Crippen molar-refractivity contribution < 1.29 is 14.3 Å². The van der Waals surface area contributed by atoms with Crippen molar-refractivity contribution in [3.05, 3.63) is 23.8 Å². The monoisotopic (exact) mass is 372 g/mol. The number of carbonyl (C=O) groups is 1. The zero-order valence-electron chi connectivity index (χ0n) is 15.3. The summed E-state index contributed by atoms with van der Waals surface area (Å²) in [6.45, 7) is 7.21. The third-order valence-corrected chi connectivity index (χ3v) is 6.17. The first-order valence-electron chi connectivity index (χ1n) is 9.22. The van der Waals surface area contributed by atoms with Crippen molar-refractivity contribution in [2.45, 2.75) is 31.7 Å². The van der Waals surface area contributed by atoms with E-state index >= 15 is 0 Å². The molecule has 0 atom stereocenters. The summed E-state index contributed by atoms with van der Waals surface area (Å²) in [6, 6.07) is 6.02. The van der Waals surface area contributed by atoms with Crippen LogP contribution in [0.3, 0.4) is 0 Å². The number of piperidine rings is 1. The Morgan fingerprint density at radius 2 is 1.88 bits per heavy atom. The van der Waals surface area contributed by atoms with Gasteiger partial charge in [0, 0.05) is 24.5 Å². The lowest BCUT2D eigenvalue weighted by Crippen LogP contribution is -2.38. The van der Waals surface area contributed by atoms with Crippen molar-refractivity contribution >= 4 is 28.6 Å². The van der Waals surface area contributed by atoms with Gasteiger partial charge in [0.2, 0.25) is 5.91 Å². The molecule has 3 heterocycles. The average molecular weight is 372 g/mol. The Kier molecular flexibility index (Phi) is 4.94. The van der Waals surface area contributed by atoms with Gasteiger partial charge in [0.15, 0.2) is 11.5 Å². The summed E-state index contributed by atoms with van der Waals surface area (Å²) in [5.41, 5.74) is 1.96. The SMILES string of the molecule is Cc1cc2cc3c(cc2nc1SCC(=O)N1CCC(C)CC1)OCCO3. The van der Waals surface area contributed by atoms with Crippen LogP contribution in [0.5, 0.6) is 11.5 Å². The first-order chi connectivity index (χ1) is 12.6. The second-order valence-electron chi connectivity index (χ2n) is 7.15. The number of hydrogen-bond acceptors (Lipinski definition) is 5. The largest absolute Gasteiger partial charge is 0.486 e. The molecular formula is C20H24N2O3S. The number of carbonyl (C=O) groups excluding carboxylic acids is 1. The average Bonchev–Trinajstić information content (AvgIpc) is 2.65. The molecule has 138 valence electrons. The van der Waals surface area contributed by atoms with Gasteiger partial charge in [0.25, 0.3) is 0 Å². The molecule has 0 spiro atoms. The third kappa shape index (κ3) is 3.61. The minimum atomic E-state index is 0.213. The van der Waals surface area contributed by atoms with E-state index in [9.17, 15) is 4.79 Å². The van der Waals surface area contributed by atoms with E-state index in [2.05, 4.69) is 13.0 Å². The number of fused-ring (bicyclic) bond motifs is 2. The van der Waals surface area contributed by atoms with E-state index in [1.165, 1.54) is 11.8 Å². The minimum Gasteiger partial charge on any atom is -0.486 e. The summed E-state index contributed by atoms with van der Waals surface area (Å²) in [4.78, 5) is 19.2. The number of amides is 1. The topological polar surface area (TPSA) is 51.7 Å². The molecule has 6 heteroatoms. The van der Waals surface area contributed by atoms with Gasteiger partial charge in [-0.2, -0.15) is 0 Å². The zero-order valence-corrected chi connectivity index (χ0v) is 16.1. The van der Waals surface area contributed by atoms with E-state index in [1.807, 2.05) is 24.0 Å². The molecule has 2 aliphatic rings. The fourth-order valence-electron chi connectivity index (χ4n) is 3.42. The number of likely N-dealkylation sites (tertiary alicyclic amines) is 1. The molecule has 0 bridgehead atoms. The van der Waals surface area contributed by atoms with E-state index in [-0.39, 0.29) is 5.91 Å². The van der Waals surface area contributed by atoms with E-state index < -0.39 is 0 Å². The lowest BCUT2D eigenvalue weighted by atomic mass is 9.99. The lowest BCUT2D eigenvalue weighted by molar-refractivity contribution is -0.129. The summed E-state index contributed by atoms with van der Waals surface area (Å²) in [6.07, 6.45) is 2.22. The van der Waals surface area contributed by atoms with Gasteiger partial charge in [-0.25, -0.2) is 4.98 Å². The summed E-state index contributed by atoms with van der Waals surface area (Å²) in [5.74, 6) is 2.91. The number of nitrogens with zero attached hydrogens (tertiary/aromatic N) is 2. The number of ether oxygens (including phenoxy) is 2. The fraction of sp³-hybridized carbons (Fsp3) is 0.500. The lowest BCUT2D eigenvalue weighted by Gasteiger charge is -2.30. The molecule has 2 aromatic rings. The molecule has 26 heavy (non-hydrogen) atoms. The third-order valence-electron chi connectivity index (χ3n) is 5.09. The van der Waals surface area contributed by atoms with Crippen LogP contribution in [0.1, 0.15) is 25.3 Å². The minimum absolute atomic E-state index is 0.213. The molecule has 5 nitrogen and oxygen atoms in total. The van der Waals surface area contributed by atoms with Crippen molar-refractivity contribution in [1.29, 1.82) is 0 Å². The van der Waals surface area contributed by atoms with Crippen LogP contribution in [0.4, 0.5) is 0 Å². The number of pyridine rings is 1. The maximum absolute atomic E-state index is 12.5. The van der Waals surface area contributed by atoms with E-state index in [1.54, 1.807) is 0 Å². The van der Waals surface area contributed by atoms with Gasteiger partial charge < -0.3 is 14.4 Å². The maximum Gasteiger partial charge on any atom is 0.232 e. The Morgan fingerprint density at radius 1 is 1.19 bits per heavy atom. The normalized spacial score (nSPS) is 17.5. The number of benzene rings is 1. The van der Waals surface area contributed by atoms with E-state index in [4.69, 9.17) is 14.5 Å². The number of rotatable bonds is 3. The Morgan fingerprint density at radius 3 is 2.62 bits per heavy atom. The highest BCUT2D eigenvalue weighted by Crippen LogP contribution is 2.35. The van der Waals surface area contributed by atoms with Gasteiger partial charge in [-0.3, -0.25) is 4.79 Å². The van der Waals surface area contributed by atoms with Crippen LogP contribution < -0.4 is 9.47 Å². The van der Waals surface area contributed by atoms with Crippen LogP contribution in [-0.4, -0.2) is 47.8 Å². The number of hydrogen-bond donors (Lipinski definition) is 0. The number of thioether (sulfide) groups is 1. The Labute approximate surface area is 158 Å². The van der Waals surface area contributed by atoms with Crippen LogP contribution >= 0.6 is 11.8 Å². The maximum atomic E-state index is 12.5. The quantitative estimate of drug-likeness (QED) is 0.770. The highest BCUT2D eigenvalue weighted by Gasteiger charge is 2.21. The number of aryl methyl sites for hydroxylation is 1. The van der Waals surface area contributed by atoms with Crippen molar-refractivity contribution in [2.75, 3.05) is 32.1 Å². The van der Waals surface area contributed by atoms with Crippen LogP contribution in [0.2, 0.25) is 0 Å². The van der Waals surface area contributed by atoms with Crippen LogP contribution in [-0.2, 0) is 4.79 Å². The molecule has 0 aliphatic carbocycles. The fourth-order valence-corrected chi connectivity index (χ4v) is 4.32. The van der Waals surface area contributed by atoms with Crippen LogP contribution in [0.25, 0.3) is 10.9 Å². The van der Waals surface area contributed by atoms with Crippen molar-refractivity contribution in [3.8, 4) is 11.5 Å². The summed E-state index contributed by atoms with van der Waals surface area (Å²) in [5, 5.41) is 1.94. The zero-order chi connectivity index (χ0) is 18.1. The molecule has 1 saturated heterocycles. The first kappa shape index (κ1) is 17.5. The molecule has 4 rings (SSSR count). The van der Waals surface area contributed by atoms with E-state index in [0.717, 1.165) is 64.8 Å². The standard InChI is InChI=1S/C20H24N2O3S/c1-13-3-5-22(6-4-13)19(23)12-26-20-14(2)9-15-10-17-18(11-16(15)21-20)25-8-7-24-17/h9-11,13H,3-8,12H2,1-2H3. The van der Waals surface area contributed by atoms with Gasteiger partial charge in [-0.1, -0.05) is 18.7 Å². The predicted molar refractivity (Wildman–Crippen MR) is 103 cm³/mol. The predicted octanol–water partition coefficient (Wildman–Crippen LogP) is 3.67. The Hall–Kier alpha value is -1.95. The van der Waals surface area contributed by atoms with Crippen molar-refractivity contribution in [1.82, 2.24) is 9.88 Å². The molecule has 1 fully saturated rings. The summed E-state index contributed by atoms with van der Waals surface area (Å²) < 4.78 is 11.3.